The van der Waals surface area contributed by atoms with Crippen LogP contribution in [-0.2, 0) is 13.0 Å². The first kappa shape index (κ1) is 13.8. The molecule has 1 aliphatic heterocycles. The molecule has 21 heavy (non-hydrogen) atoms. The van der Waals surface area contributed by atoms with Crippen molar-refractivity contribution < 1.29 is 4.79 Å². The fourth-order valence-electron chi connectivity index (χ4n) is 2.67. The molecule has 0 saturated heterocycles. The molecule has 3 nitrogen and oxygen atoms in total. The Hall–Kier alpha value is -2.13. The Morgan fingerprint density at radius 1 is 1.24 bits per heavy atom. The molecule has 1 atom stereocenters. The van der Waals surface area contributed by atoms with Gasteiger partial charge in [0.25, 0.3) is 0 Å². The van der Waals surface area contributed by atoms with Crippen molar-refractivity contribution in [2.45, 2.75) is 25.9 Å². The molecule has 0 aliphatic carbocycles. The van der Waals surface area contributed by atoms with Crippen LogP contribution in [0.3, 0.4) is 0 Å². The molecule has 0 bridgehead atoms. The summed E-state index contributed by atoms with van der Waals surface area (Å²) in [5, 5.41) is 6.61. The van der Waals surface area contributed by atoms with Crippen LogP contribution in [-0.4, -0.2) is 18.4 Å². The van der Waals surface area contributed by atoms with Crippen molar-refractivity contribution in [3.05, 3.63) is 65.2 Å². The first-order chi connectivity index (χ1) is 10.2. The summed E-state index contributed by atoms with van der Waals surface area (Å²) < 4.78 is 0. The molecule has 108 valence electrons. The Morgan fingerprint density at radius 2 is 2.05 bits per heavy atom. The molecular weight excluding hydrogens is 260 g/mol. The lowest BCUT2D eigenvalue weighted by molar-refractivity contribution is 0.0950. The van der Waals surface area contributed by atoms with E-state index in [0.29, 0.717) is 6.54 Å². The van der Waals surface area contributed by atoms with Crippen molar-refractivity contribution >= 4 is 11.5 Å². The molecular formula is C18H20N2O. The summed E-state index contributed by atoms with van der Waals surface area (Å²) in [7, 11) is 0. The highest BCUT2D eigenvalue weighted by atomic mass is 16.1. The van der Waals surface area contributed by atoms with Gasteiger partial charge in [-0.25, -0.2) is 0 Å². The molecule has 1 unspecified atom stereocenters. The molecule has 0 spiro atoms. The second-order valence-corrected chi connectivity index (χ2v) is 5.50. The Kier molecular flexibility index (Phi) is 4.02. The Bertz CT molecular complexity index is 637. The SMILES string of the molecule is CC(NCc1ccccc1)C(=O)c1ccc2c(c1)CCN2. The van der Waals surface area contributed by atoms with E-state index >= 15 is 0 Å². The number of ketones is 1. The maximum absolute atomic E-state index is 12.5. The summed E-state index contributed by atoms with van der Waals surface area (Å²) in [6, 6.07) is 15.9. The van der Waals surface area contributed by atoms with Crippen LogP contribution in [0, 0.1) is 0 Å². The lowest BCUT2D eigenvalue weighted by atomic mass is 10.0. The number of fused-ring (bicyclic) bond motifs is 1. The molecule has 0 fully saturated rings. The van der Waals surface area contributed by atoms with Gasteiger partial charge in [0.1, 0.15) is 0 Å². The summed E-state index contributed by atoms with van der Waals surface area (Å²) in [6.07, 6.45) is 1.00. The van der Waals surface area contributed by atoms with Gasteiger partial charge >= 0.3 is 0 Å². The fourth-order valence-corrected chi connectivity index (χ4v) is 2.67. The third-order valence-corrected chi connectivity index (χ3v) is 3.95. The third-order valence-electron chi connectivity index (χ3n) is 3.95. The summed E-state index contributed by atoms with van der Waals surface area (Å²) in [5.74, 6) is 0.153. The van der Waals surface area contributed by atoms with E-state index in [1.165, 1.54) is 11.1 Å². The normalized spacial score (nSPS) is 14.3. The number of benzene rings is 2. The lowest BCUT2D eigenvalue weighted by Gasteiger charge is -2.13. The standard InChI is InChI=1S/C18H20N2O/c1-13(20-12-14-5-3-2-4-6-14)18(21)16-7-8-17-15(11-16)9-10-19-17/h2-8,11,13,19-20H,9-10,12H2,1H3. The van der Waals surface area contributed by atoms with Gasteiger partial charge in [-0.15, -0.1) is 0 Å². The molecule has 0 radical (unpaired) electrons. The van der Waals surface area contributed by atoms with Crippen LogP contribution in [0.1, 0.15) is 28.4 Å². The molecule has 1 aliphatic rings. The third kappa shape index (κ3) is 3.14. The van der Waals surface area contributed by atoms with E-state index in [2.05, 4.69) is 22.8 Å². The average Bonchev–Trinajstić information content (AvgIpc) is 3.00. The minimum Gasteiger partial charge on any atom is -0.384 e. The number of hydrogen-bond acceptors (Lipinski definition) is 3. The summed E-state index contributed by atoms with van der Waals surface area (Å²) in [5.41, 5.74) is 4.40. The van der Waals surface area contributed by atoms with Crippen molar-refractivity contribution in [3.63, 3.8) is 0 Å². The van der Waals surface area contributed by atoms with Crippen LogP contribution >= 0.6 is 0 Å². The number of Topliss-reactive ketones (excluding diaryl/α,β-unsaturated/α-hetero) is 1. The smallest absolute Gasteiger partial charge is 0.179 e. The number of anilines is 1. The van der Waals surface area contributed by atoms with Crippen LogP contribution in [0.2, 0.25) is 0 Å². The van der Waals surface area contributed by atoms with Gasteiger partial charge < -0.3 is 10.6 Å². The Morgan fingerprint density at radius 3 is 2.86 bits per heavy atom. The fraction of sp³-hybridized carbons (Fsp3) is 0.278. The zero-order valence-corrected chi connectivity index (χ0v) is 12.2. The molecule has 0 aromatic heterocycles. The van der Waals surface area contributed by atoms with E-state index in [1.807, 2.05) is 43.3 Å². The zero-order valence-electron chi connectivity index (χ0n) is 12.2. The van der Waals surface area contributed by atoms with Crippen LogP contribution in [0.5, 0.6) is 0 Å². The van der Waals surface area contributed by atoms with Gasteiger partial charge in [0.05, 0.1) is 6.04 Å². The quantitative estimate of drug-likeness (QED) is 0.827. The maximum atomic E-state index is 12.5. The lowest BCUT2D eigenvalue weighted by Crippen LogP contribution is -2.33. The maximum Gasteiger partial charge on any atom is 0.179 e. The zero-order chi connectivity index (χ0) is 14.7. The van der Waals surface area contributed by atoms with Gasteiger partial charge in [0.2, 0.25) is 0 Å². The molecule has 2 aromatic rings. The molecule has 2 aromatic carbocycles. The molecule has 3 heteroatoms. The molecule has 3 rings (SSSR count). The van der Waals surface area contributed by atoms with Crippen molar-refractivity contribution in [2.75, 3.05) is 11.9 Å². The first-order valence-corrected chi connectivity index (χ1v) is 7.42. The second kappa shape index (κ2) is 6.10. The van der Waals surface area contributed by atoms with E-state index in [9.17, 15) is 4.79 Å². The molecule has 2 N–H and O–H groups in total. The number of carbonyl (C=O) groups is 1. The van der Waals surface area contributed by atoms with Gasteiger partial charge in [-0.3, -0.25) is 4.79 Å². The minimum absolute atomic E-state index is 0.153. The van der Waals surface area contributed by atoms with E-state index < -0.39 is 0 Å². The Labute approximate surface area is 125 Å². The van der Waals surface area contributed by atoms with Crippen LogP contribution in [0.4, 0.5) is 5.69 Å². The molecule has 0 amide bonds. The number of nitrogens with one attached hydrogen (secondary N) is 2. The predicted molar refractivity (Wildman–Crippen MR) is 85.7 cm³/mol. The monoisotopic (exact) mass is 280 g/mol. The highest BCUT2D eigenvalue weighted by molar-refractivity contribution is 6.00. The summed E-state index contributed by atoms with van der Waals surface area (Å²) in [4.78, 5) is 12.5. The van der Waals surface area contributed by atoms with Gasteiger partial charge in [-0.1, -0.05) is 30.3 Å². The van der Waals surface area contributed by atoms with E-state index in [0.717, 1.165) is 24.2 Å². The number of carbonyl (C=O) groups excluding carboxylic acids is 1. The van der Waals surface area contributed by atoms with Crippen molar-refractivity contribution in [1.29, 1.82) is 0 Å². The first-order valence-electron chi connectivity index (χ1n) is 7.42. The van der Waals surface area contributed by atoms with Crippen molar-refractivity contribution in [2.24, 2.45) is 0 Å². The second-order valence-electron chi connectivity index (χ2n) is 5.50. The minimum atomic E-state index is -0.183. The topological polar surface area (TPSA) is 41.1 Å². The summed E-state index contributed by atoms with van der Waals surface area (Å²) in [6.45, 7) is 3.60. The van der Waals surface area contributed by atoms with Crippen LogP contribution in [0.15, 0.2) is 48.5 Å². The van der Waals surface area contributed by atoms with Gasteiger partial charge in [-0.2, -0.15) is 0 Å². The van der Waals surface area contributed by atoms with Crippen LogP contribution < -0.4 is 10.6 Å². The summed E-state index contributed by atoms with van der Waals surface area (Å²) >= 11 is 0. The van der Waals surface area contributed by atoms with Crippen molar-refractivity contribution in [1.82, 2.24) is 5.32 Å². The van der Waals surface area contributed by atoms with E-state index in [-0.39, 0.29) is 11.8 Å². The molecule has 0 saturated carbocycles. The highest BCUT2D eigenvalue weighted by Gasteiger charge is 2.17. The number of hydrogen-bond donors (Lipinski definition) is 2. The van der Waals surface area contributed by atoms with Gasteiger partial charge in [-0.05, 0) is 42.7 Å². The van der Waals surface area contributed by atoms with Crippen molar-refractivity contribution in [3.8, 4) is 0 Å². The van der Waals surface area contributed by atoms with Gasteiger partial charge in [0, 0.05) is 24.3 Å². The van der Waals surface area contributed by atoms with E-state index in [1.54, 1.807) is 0 Å². The number of rotatable bonds is 5. The molecule has 1 heterocycles. The predicted octanol–water partition coefficient (Wildman–Crippen LogP) is 3.02. The highest BCUT2D eigenvalue weighted by Crippen LogP contribution is 2.23. The van der Waals surface area contributed by atoms with E-state index in [4.69, 9.17) is 0 Å². The Balaban J connectivity index is 1.64. The largest absolute Gasteiger partial charge is 0.384 e. The van der Waals surface area contributed by atoms with Crippen LogP contribution in [0.25, 0.3) is 0 Å². The van der Waals surface area contributed by atoms with Gasteiger partial charge in [0.15, 0.2) is 5.78 Å². The average molecular weight is 280 g/mol.